The highest BCUT2D eigenvalue weighted by molar-refractivity contribution is 9.10. The third kappa shape index (κ3) is 3.36. The molecule has 7 heteroatoms. The molecule has 0 amide bonds. The van der Waals surface area contributed by atoms with Crippen molar-refractivity contribution >= 4 is 31.8 Å². The van der Waals surface area contributed by atoms with Crippen LogP contribution in [-0.2, 0) is 10.0 Å². The quantitative estimate of drug-likeness (QED) is 0.922. The van der Waals surface area contributed by atoms with Crippen molar-refractivity contribution in [2.24, 2.45) is 0 Å². The molecule has 1 aromatic carbocycles. The van der Waals surface area contributed by atoms with Crippen LogP contribution in [0.5, 0.6) is 0 Å². The molecule has 0 unspecified atom stereocenters. The van der Waals surface area contributed by atoms with Gasteiger partial charge < -0.3 is 4.52 Å². The summed E-state index contributed by atoms with van der Waals surface area (Å²) in [5.41, 5.74) is 0.702. The molecular formula is C12H13BrN2O3S. The second-order valence-electron chi connectivity index (χ2n) is 4.33. The largest absolute Gasteiger partial charge is 0.338 e. The topological polar surface area (TPSA) is 72.2 Å². The Kier molecular flexibility index (Phi) is 3.96. The Balaban J connectivity index is 2.23. The number of anilines is 1. The Bertz CT molecular complexity index is 663. The highest BCUT2D eigenvalue weighted by atomic mass is 79.9. The van der Waals surface area contributed by atoms with Crippen molar-refractivity contribution in [3.8, 4) is 0 Å². The van der Waals surface area contributed by atoms with E-state index < -0.39 is 10.0 Å². The van der Waals surface area contributed by atoms with Crippen LogP contribution in [0.25, 0.3) is 0 Å². The molecule has 0 aliphatic carbocycles. The molecule has 19 heavy (non-hydrogen) atoms. The lowest BCUT2D eigenvalue weighted by atomic mass is 10.1. The number of aromatic nitrogens is 1. The first kappa shape index (κ1) is 14.1. The Hall–Kier alpha value is -1.34. The fourth-order valence-electron chi connectivity index (χ4n) is 1.41. The molecule has 0 bridgehead atoms. The summed E-state index contributed by atoms with van der Waals surface area (Å²) in [6, 6.07) is 7.92. The van der Waals surface area contributed by atoms with Gasteiger partial charge in [0.15, 0.2) is 0 Å². The molecule has 1 heterocycles. The van der Waals surface area contributed by atoms with Crippen LogP contribution in [0.1, 0.15) is 25.5 Å². The molecule has 1 N–H and O–H groups in total. The van der Waals surface area contributed by atoms with Crippen LogP contribution in [0.15, 0.2) is 44.2 Å². The predicted octanol–water partition coefficient (Wildman–Crippen LogP) is 3.36. The molecule has 0 aliphatic rings. The van der Waals surface area contributed by atoms with E-state index in [1.165, 1.54) is 12.1 Å². The van der Waals surface area contributed by atoms with Gasteiger partial charge in [0.25, 0.3) is 10.0 Å². The minimum absolute atomic E-state index is 0.117. The first-order valence-electron chi connectivity index (χ1n) is 5.63. The van der Waals surface area contributed by atoms with Gasteiger partial charge in [-0.25, -0.2) is 13.1 Å². The highest BCUT2D eigenvalue weighted by Crippen LogP contribution is 2.21. The van der Waals surface area contributed by atoms with E-state index in [1.54, 1.807) is 18.2 Å². The van der Waals surface area contributed by atoms with Crippen LogP contribution < -0.4 is 4.72 Å². The molecular weight excluding hydrogens is 332 g/mol. The lowest BCUT2D eigenvalue weighted by Crippen LogP contribution is -2.12. The van der Waals surface area contributed by atoms with Crippen LogP contribution in [-0.4, -0.2) is 13.6 Å². The number of hydrogen-bond acceptors (Lipinski definition) is 4. The Morgan fingerprint density at radius 3 is 2.42 bits per heavy atom. The third-order valence-corrected chi connectivity index (χ3v) is 4.37. The lowest BCUT2D eigenvalue weighted by Gasteiger charge is -2.04. The number of halogens is 1. The Labute approximate surface area is 120 Å². The smallest absolute Gasteiger partial charge is 0.264 e. The number of benzene rings is 1. The van der Waals surface area contributed by atoms with Gasteiger partial charge in [0.2, 0.25) is 5.88 Å². The van der Waals surface area contributed by atoms with Gasteiger partial charge in [-0.3, -0.25) is 0 Å². The molecule has 0 atom stereocenters. The molecule has 0 radical (unpaired) electrons. The molecule has 0 fully saturated rings. The summed E-state index contributed by atoms with van der Waals surface area (Å²) in [6.07, 6.45) is 0. The fraction of sp³-hybridized carbons (Fsp3) is 0.250. The van der Waals surface area contributed by atoms with Crippen LogP contribution in [0.2, 0.25) is 0 Å². The standard InChI is InChI=1S/C12H13BrN2O3S/c1-8(2)11-7-12(18-14-11)15-19(16,17)10-5-3-9(13)4-6-10/h3-8,15H,1-2H3. The second kappa shape index (κ2) is 5.34. The SMILES string of the molecule is CC(C)c1cc(NS(=O)(=O)c2ccc(Br)cc2)on1. The number of rotatable bonds is 4. The second-order valence-corrected chi connectivity index (χ2v) is 6.93. The summed E-state index contributed by atoms with van der Waals surface area (Å²) < 4.78 is 32.3. The van der Waals surface area contributed by atoms with Gasteiger partial charge in [0.1, 0.15) is 0 Å². The zero-order valence-electron chi connectivity index (χ0n) is 10.4. The zero-order valence-corrected chi connectivity index (χ0v) is 12.8. The van der Waals surface area contributed by atoms with E-state index >= 15 is 0 Å². The maximum Gasteiger partial charge on any atom is 0.264 e. The number of sulfonamides is 1. The molecule has 2 aromatic rings. The molecule has 0 aliphatic heterocycles. The van der Waals surface area contributed by atoms with Gasteiger partial charge >= 0.3 is 0 Å². The monoisotopic (exact) mass is 344 g/mol. The predicted molar refractivity (Wildman–Crippen MR) is 75.5 cm³/mol. The zero-order chi connectivity index (χ0) is 14.0. The summed E-state index contributed by atoms with van der Waals surface area (Å²) in [5.74, 6) is 0.293. The summed E-state index contributed by atoms with van der Waals surface area (Å²) in [5, 5.41) is 3.80. The van der Waals surface area contributed by atoms with E-state index in [9.17, 15) is 8.42 Å². The van der Waals surface area contributed by atoms with Crippen molar-refractivity contribution < 1.29 is 12.9 Å². The average Bonchev–Trinajstić information content (AvgIpc) is 2.77. The Morgan fingerprint density at radius 2 is 1.89 bits per heavy atom. The first-order valence-corrected chi connectivity index (χ1v) is 7.91. The summed E-state index contributed by atoms with van der Waals surface area (Å²) in [6.45, 7) is 3.90. The van der Waals surface area contributed by atoms with Crippen molar-refractivity contribution in [2.45, 2.75) is 24.7 Å². The van der Waals surface area contributed by atoms with E-state index in [0.29, 0.717) is 5.69 Å². The van der Waals surface area contributed by atoms with E-state index in [-0.39, 0.29) is 16.7 Å². The van der Waals surface area contributed by atoms with Crippen molar-refractivity contribution in [2.75, 3.05) is 4.72 Å². The molecule has 102 valence electrons. The number of nitrogens with one attached hydrogen (secondary N) is 1. The Morgan fingerprint density at radius 1 is 1.26 bits per heavy atom. The maximum atomic E-state index is 12.1. The van der Waals surface area contributed by atoms with E-state index in [0.717, 1.165) is 4.47 Å². The van der Waals surface area contributed by atoms with Gasteiger partial charge in [-0.15, -0.1) is 0 Å². The highest BCUT2D eigenvalue weighted by Gasteiger charge is 2.17. The van der Waals surface area contributed by atoms with Crippen LogP contribution in [0.4, 0.5) is 5.88 Å². The van der Waals surface area contributed by atoms with Crippen LogP contribution in [0, 0.1) is 0 Å². The molecule has 5 nitrogen and oxygen atoms in total. The lowest BCUT2D eigenvalue weighted by molar-refractivity contribution is 0.423. The minimum atomic E-state index is -3.65. The van der Waals surface area contributed by atoms with Crippen molar-refractivity contribution in [1.29, 1.82) is 0 Å². The van der Waals surface area contributed by atoms with E-state index in [4.69, 9.17) is 4.52 Å². The van der Waals surface area contributed by atoms with Crippen molar-refractivity contribution in [3.63, 3.8) is 0 Å². The molecule has 1 aromatic heterocycles. The van der Waals surface area contributed by atoms with Gasteiger partial charge in [-0.1, -0.05) is 34.9 Å². The minimum Gasteiger partial charge on any atom is -0.338 e. The van der Waals surface area contributed by atoms with E-state index in [2.05, 4.69) is 25.8 Å². The summed E-state index contributed by atoms with van der Waals surface area (Å²) >= 11 is 3.25. The third-order valence-electron chi connectivity index (χ3n) is 2.48. The number of hydrogen-bond donors (Lipinski definition) is 1. The van der Waals surface area contributed by atoms with Gasteiger partial charge in [-0.05, 0) is 30.2 Å². The van der Waals surface area contributed by atoms with Crippen molar-refractivity contribution in [3.05, 3.63) is 40.5 Å². The molecule has 0 saturated heterocycles. The van der Waals surface area contributed by atoms with Crippen LogP contribution in [0.3, 0.4) is 0 Å². The first-order chi connectivity index (χ1) is 8.88. The molecule has 2 rings (SSSR count). The summed E-state index contributed by atoms with van der Waals surface area (Å²) in [7, 11) is -3.65. The fourth-order valence-corrected chi connectivity index (χ4v) is 2.65. The summed E-state index contributed by atoms with van der Waals surface area (Å²) in [4.78, 5) is 0.165. The van der Waals surface area contributed by atoms with Gasteiger partial charge in [0, 0.05) is 10.5 Å². The maximum absolute atomic E-state index is 12.1. The van der Waals surface area contributed by atoms with Gasteiger partial charge in [0.05, 0.1) is 10.6 Å². The van der Waals surface area contributed by atoms with Crippen molar-refractivity contribution in [1.82, 2.24) is 5.16 Å². The number of nitrogens with zero attached hydrogens (tertiary/aromatic N) is 1. The van der Waals surface area contributed by atoms with Gasteiger partial charge in [-0.2, -0.15) is 0 Å². The molecule has 0 saturated carbocycles. The average molecular weight is 345 g/mol. The van der Waals surface area contributed by atoms with Crippen LogP contribution >= 0.6 is 15.9 Å². The van der Waals surface area contributed by atoms with E-state index in [1.807, 2.05) is 13.8 Å². The molecule has 0 spiro atoms. The normalized spacial score (nSPS) is 11.8.